The largest absolute Gasteiger partial charge is 0.309 e. The zero-order chi connectivity index (χ0) is 32.3. The standard InChI is InChI=1S/C44H29N5/c1-3-14-30(15-4-1)43-45-44(31-16-5-2-6-17-31)49(46-43)34-26-27-38-37-22-9-12-25-41(37)48(42(38)29-34)33-19-13-18-32(28-33)47-39-23-10-7-20-35(39)36-21-8-11-24-40(36)47/h1-29H. The maximum Gasteiger partial charge on any atom is 0.182 e. The molecule has 0 aliphatic rings. The number of hydrogen-bond acceptors (Lipinski definition) is 2. The first-order chi connectivity index (χ1) is 24.3. The van der Waals surface area contributed by atoms with Gasteiger partial charge in [0, 0.05) is 44.0 Å². The number of nitrogens with zero attached hydrogens (tertiary/aromatic N) is 5. The minimum absolute atomic E-state index is 0.693. The van der Waals surface area contributed by atoms with E-state index in [0.717, 1.165) is 45.0 Å². The Labute approximate surface area is 282 Å². The van der Waals surface area contributed by atoms with Crippen LogP contribution in [0, 0.1) is 0 Å². The molecule has 5 heteroatoms. The summed E-state index contributed by atoms with van der Waals surface area (Å²) in [6.07, 6.45) is 0. The molecule has 10 aromatic rings. The van der Waals surface area contributed by atoms with Crippen molar-refractivity contribution < 1.29 is 0 Å². The Balaban J connectivity index is 1.20. The van der Waals surface area contributed by atoms with Crippen LogP contribution in [0.25, 0.3) is 83.4 Å². The Morgan fingerprint density at radius 3 is 1.43 bits per heavy atom. The predicted molar refractivity (Wildman–Crippen MR) is 201 cm³/mol. The van der Waals surface area contributed by atoms with Crippen LogP contribution in [0.1, 0.15) is 0 Å². The number of hydrogen-bond donors (Lipinski definition) is 0. The molecule has 5 nitrogen and oxygen atoms in total. The predicted octanol–water partition coefficient (Wildman–Crippen LogP) is 10.8. The Kier molecular flexibility index (Phi) is 6.11. The number of fused-ring (bicyclic) bond motifs is 6. The summed E-state index contributed by atoms with van der Waals surface area (Å²) >= 11 is 0. The molecule has 49 heavy (non-hydrogen) atoms. The van der Waals surface area contributed by atoms with Crippen molar-refractivity contribution in [3.63, 3.8) is 0 Å². The lowest BCUT2D eigenvalue weighted by molar-refractivity contribution is 0.891. The highest BCUT2D eigenvalue weighted by atomic mass is 15.4. The van der Waals surface area contributed by atoms with Gasteiger partial charge in [-0.1, -0.05) is 127 Å². The maximum atomic E-state index is 5.09. The first-order valence-electron chi connectivity index (χ1n) is 16.5. The van der Waals surface area contributed by atoms with Crippen molar-refractivity contribution in [3.05, 3.63) is 176 Å². The van der Waals surface area contributed by atoms with Crippen molar-refractivity contribution in [2.24, 2.45) is 0 Å². The van der Waals surface area contributed by atoms with E-state index in [1.54, 1.807) is 0 Å². The van der Waals surface area contributed by atoms with Gasteiger partial charge in [-0.15, -0.1) is 5.10 Å². The third-order valence-corrected chi connectivity index (χ3v) is 9.50. The molecule has 0 spiro atoms. The first kappa shape index (κ1) is 27.4. The highest BCUT2D eigenvalue weighted by molar-refractivity contribution is 6.11. The molecule has 10 rings (SSSR count). The van der Waals surface area contributed by atoms with E-state index in [1.807, 2.05) is 41.1 Å². The second kappa shape index (κ2) is 10.9. The summed E-state index contributed by atoms with van der Waals surface area (Å²) in [7, 11) is 0. The lowest BCUT2D eigenvalue weighted by atomic mass is 10.1. The van der Waals surface area contributed by atoms with E-state index < -0.39 is 0 Å². The summed E-state index contributed by atoms with van der Waals surface area (Å²) in [5, 5.41) is 9.99. The van der Waals surface area contributed by atoms with Gasteiger partial charge in [-0.2, -0.15) is 0 Å². The SMILES string of the molecule is c1ccc(-c2nc(-c3ccccc3)n(-c3ccc4c5ccccc5n(-c5cccc(-n6c7ccccc7c7ccccc76)c5)c4c3)n2)cc1. The fourth-order valence-corrected chi connectivity index (χ4v) is 7.32. The minimum Gasteiger partial charge on any atom is -0.309 e. The molecule has 7 aromatic carbocycles. The van der Waals surface area contributed by atoms with Crippen LogP contribution in [0.15, 0.2) is 176 Å². The molecule has 0 radical (unpaired) electrons. The summed E-state index contributed by atoms with van der Waals surface area (Å²) < 4.78 is 6.73. The summed E-state index contributed by atoms with van der Waals surface area (Å²) in [6, 6.07) is 61.9. The van der Waals surface area contributed by atoms with E-state index in [9.17, 15) is 0 Å². The lowest BCUT2D eigenvalue weighted by Crippen LogP contribution is -2.01. The number of benzene rings is 7. The molecule has 230 valence electrons. The van der Waals surface area contributed by atoms with E-state index in [2.05, 4.69) is 149 Å². The zero-order valence-electron chi connectivity index (χ0n) is 26.5. The quantitative estimate of drug-likeness (QED) is 0.190. The fraction of sp³-hybridized carbons (Fsp3) is 0. The lowest BCUT2D eigenvalue weighted by Gasteiger charge is -2.13. The van der Waals surface area contributed by atoms with Crippen molar-refractivity contribution >= 4 is 43.6 Å². The van der Waals surface area contributed by atoms with Crippen LogP contribution in [0.3, 0.4) is 0 Å². The molecule has 3 heterocycles. The monoisotopic (exact) mass is 627 g/mol. The van der Waals surface area contributed by atoms with Crippen LogP contribution in [0.2, 0.25) is 0 Å². The van der Waals surface area contributed by atoms with Gasteiger partial charge < -0.3 is 9.13 Å². The molecule has 0 aliphatic heterocycles. The van der Waals surface area contributed by atoms with Crippen LogP contribution in [0.5, 0.6) is 0 Å². The number of para-hydroxylation sites is 3. The smallest absolute Gasteiger partial charge is 0.182 e. The van der Waals surface area contributed by atoms with Gasteiger partial charge in [-0.25, -0.2) is 9.67 Å². The summed E-state index contributed by atoms with van der Waals surface area (Å²) in [5.74, 6) is 1.49. The molecule has 0 atom stereocenters. The maximum absolute atomic E-state index is 5.09. The van der Waals surface area contributed by atoms with Gasteiger partial charge in [0.1, 0.15) is 0 Å². The average Bonchev–Trinajstić information content (AvgIpc) is 3.86. The normalized spacial score (nSPS) is 11.7. The number of rotatable bonds is 5. The van der Waals surface area contributed by atoms with Crippen molar-refractivity contribution in [1.82, 2.24) is 23.9 Å². The molecule has 0 aliphatic carbocycles. The van der Waals surface area contributed by atoms with Gasteiger partial charge in [0.15, 0.2) is 11.6 Å². The molecule has 0 N–H and O–H groups in total. The zero-order valence-corrected chi connectivity index (χ0v) is 26.5. The summed E-state index contributed by atoms with van der Waals surface area (Å²) in [5.41, 5.74) is 9.80. The topological polar surface area (TPSA) is 40.6 Å². The highest BCUT2D eigenvalue weighted by Gasteiger charge is 2.19. The van der Waals surface area contributed by atoms with Crippen LogP contribution >= 0.6 is 0 Å². The Morgan fingerprint density at radius 1 is 0.347 bits per heavy atom. The van der Waals surface area contributed by atoms with Gasteiger partial charge in [0.2, 0.25) is 0 Å². The van der Waals surface area contributed by atoms with E-state index in [1.165, 1.54) is 32.6 Å². The Bertz CT molecular complexity index is 2770. The van der Waals surface area contributed by atoms with Gasteiger partial charge in [-0.3, -0.25) is 0 Å². The van der Waals surface area contributed by atoms with Gasteiger partial charge in [0.05, 0.1) is 27.8 Å². The van der Waals surface area contributed by atoms with Crippen molar-refractivity contribution in [2.45, 2.75) is 0 Å². The molecule has 0 saturated carbocycles. The van der Waals surface area contributed by atoms with E-state index in [4.69, 9.17) is 10.1 Å². The summed E-state index contributed by atoms with van der Waals surface area (Å²) in [6.45, 7) is 0. The minimum atomic E-state index is 0.693. The molecule has 0 bridgehead atoms. The van der Waals surface area contributed by atoms with Crippen molar-refractivity contribution in [1.29, 1.82) is 0 Å². The van der Waals surface area contributed by atoms with Crippen molar-refractivity contribution in [3.8, 4) is 39.8 Å². The second-order valence-electron chi connectivity index (χ2n) is 12.3. The first-order valence-corrected chi connectivity index (χ1v) is 16.5. The Hall–Kier alpha value is -6.72. The van der Waals surface area contributed by atoms with E-state index in [0.29, 0.717) is 5.82 Å². The molecule has 3 aromatic heterocycles. The van der Waals surface area contributed by atoms with Crippen molar-refractivity contribution in [2.75, 3.05) is 0 Å². The third kappa shape index (κ3) is 4.33. The van der Waals surface area contributed by atoms with E-state index >= 15 is 0 Å². The van der Waals surface area contributed by atoms with Crippen LogP contribution in [-0.2, 0) is 0 Å². The summed E-state index contributed by atoms with van der Waals surface area (Å²) in [4.78, 5) is 5.06. The van der Waals surface area contributed by atoms with Crippen LogP contribution in [-0.4, -0.2) is 23.9 Å². The number of aromatic nitrogens is 5. The molecule has 0 saturated heterocycles. The van der Waals surface area contributed by atoms with E-state index in [-0.39, 0.29) is 0 Å². The molecule has 0 amide bonds. The molecular formula is C44H29N5. The average molecular weight is 628 g/mol. The fourth-order valence-electron chi connectivity index (χ4n) is 7.32. The van der Waals surface area contributed by atoms with Gasteiger partial charge in [-0.05, 0) is 48.5 Å². The molecular weight excluding hydrogens is 599 g/mol. The van der Waals surface area contributed by atoms with Crippen LogP contribution in [0.4, 0.5) is 0 Å². The third-order valence-electron chi connectivity index (χ3n) is 9.50. The Morgan fingerprint density at radius 2 is 0.837 bits per heavy atom. The molecule has 0 unspecified atom stereocenters. The van der Waals surface area contributed by atoms with Crippen LogP contribution < -0.4 is 0 Å². The van der Waals surface area contributed by atoms with Gasteiger partial charge >= 0.3 is 0 Å². The molecule has 0 fully saturated rings. The highest BCUT2D eigenvalue weighted by Crippen LogP contribution is 2.37. The second-order valence-corrected chi connectivity index (χ2v) is 12.3. The van der Waals surface area contributed by atoms with Gasteiger partial charge in [0.25, 0.3) is 0 Å².